The molecule has 0 radical (unpaired) electrons. The van der Waals surface area contributed by atoms with E-state index >= 15 is 0 Å². The monoisotopic (exact) mass is 199 g/mol. The van der Waals surface area contributed by atoms with Crippen molar-refractivity contribution in [3.05, 3.63) is 12.7 Å². The molecule has 1 unspecified atom stereocenters. The van der Waals surface area contributed by atoms with E-state index in [1.807, 2.05) is 39.8 Å². The summed E-state index contributed by atoms with van der Waals surface area (Å²) in [5, 5.41) is 0. The van der Waals surface area contributed by atoms with Crippen LogP contribution in [0.3, 0.4) is 0 Å². The molecular formula is C11H21NO2. The van der Waals surface area contributed by atoms with Crippen molar-refractivity contribution in [2.75, 3.05) is 21.2 Å². The third-order valence-corrected chi connectivity index (χ3v) is 3.24. The van der Waals surface area contributed by atoms with E-state index in [1.54, 1.807) is 6.08 Å². The van der Waals surface area contributed by atoms with Crippen LogP contribution < -0.4 is 0 Å². The van der Waals surface area contributed by atoms with Gasteiger partial charge in [0.25, 0.3) is 0 Å². The van der Waals surface area contributed by atoms with Gasteiger partial charge in [0.15, 0.2) is 0 Å². The molecule has 0 aliphatic heterocycles. The van der Waals surface area contributed by atoms with E-state index in [2.05, 4.69) is 6.58 Å². The molecule has 0 saturated carbocycles. The van der Waals surface area contributed by atoms with Crippen LogP contribution in [0.5, 0.6) is 0 Å². The third kappa shape index (κ3) is 1.82. The molecule has 0 fully saturated rings. The zero-order valence-electron chi connectivity index (χ0n) is 10.0. The Bertz CT molecular complexity index is 233. The first-order chi connectivity index (χ1) is 6.24. The van der Waals surface area contributed by atoms with Crippen LogP contribution in [0.25, 0.3) is 0 Å². The average Bonchev–Trinajstić information content (AvgIpc) is 2.14. The molecule has 0 aromatic carbocycles. The predicted octanol–water partition coefficient (Wildman–Crippen LogP) is 1.69. The normalized spacial score (nSPS) is 16.2. The lowest BCUT2D eigenvalue weighted by Gasteiger charge is -2.44. The minimum Gasteiger partial charge on any atom is -0.468 e. The summed E-state index contributed by atoms with van der Waals surface area (Å²) in [4.78, 5) is 13.6. The van der Waals surface area contributed by atoms with Gasteiger partial charge in [-0.2, -0.15) is 0 Å². The highest BCUT2D eigenvalue weighted by atomic mass is 16.5. The first-order valence-corrected chi connectivity index (χ1v) is 4.63. The average molecular weight is 199 g/mol. The molecule has 0 saturated heterocycles. The number of carbonyl (C=O) groups is 1. The van der Waals surface area contributed by atoms with Gasteiger partial charge in [-0.25, -0.2) is 0 Å². The van der Waals surface area contributed by atoms with Crippen LogP contribution >= 0.6 is 0 Å². The molecule has 1 atom stereocenters. The highest BCUT2D eigenvalue weighted by Crippen LogP contribution is 2.36. The first-order valence-electron chi connectivity index (χ1n) is 4.63. The Morgan fingerprint density at radius 3 is 2.00 bits per heavy atom. The SMILES string of the molecule is C=CC(C)(C)C(C)(C(=O)OC)N(C)C. The Balaban J connectivity index is 5.31. The van der Waals surface area contributed by atoms with Gasteiger partial charge in [0.1, 0.15) is 5.54 Å². The molecule has 0 bridgehead atoms. The topological polar surface area (TPSA) is 29.5 Å². The molecular weight excluding hydrogens is 178 g/mol. The van der Waals surface area contributed by atoms with Crippen molar-refractivity contribution >= 4 is 5.97 Å². The van der Waals surface area contributed by atoms with Crippen LogP contribution in [-0.4, -0.2) is 37.6 Å². The van der Waals surface area contributed by atoms with Crippen LogP contribution in [0.4, 0.5) is 0 Å². The summed E-state index contributed by atoms with van der Waals surface area (Å²) in [6, 6.07) is 0. The van der Waals surface area contributed by atoms with Crippen molar-refractivity contribution in [2.45, 2.75) is 26.3 Å². The fourth-order valence-corrected chi connectivity index (χ4v) is 1.42. The molecule has 0 heterocycles. The second kappa shape index (κ2) is 4.13. The molecule has 0 aromatic heterocycles. The summed E-state index contributed by atoms with van der Waals surface area (Å²) in [5.74, 6) is -0.243. The van der Waals surface area contributed by atoms with Crippen molar-refractivity contribution in [3.63, 3.8) is 0 Å². The van der Waals surface area contributed by atoms with E-state index in [4.69, 9.17) is 4.74 Å². The maximum absolute atomic E-state index is 11.8. The summed E-state index contributed by atoms with van der Waals surface area (Å²) in [7, 11) is 5.13. The Morgan fingerprint density at radius 1 is 1.36 bits per heavy atom. The predicted molar refractivity (Wildman–Crippen MR) is 58.1 cm³/mol. The number of carbonyl (C=O) groups excluding carboxylic acids is 1. The number of rotatable bonds is 4. The van der Waals surface area contributed by atoms with E-state index < -0.39 is 5.54 Å². The lowest BCUT2D eigenvalue weighted by molar-refractivity contribution is -0.158. The first kappa shape index (κ1) is 13.2. The molecule has 3 nitrogen and oxygen atoms in total. The van der Waals surface area contributed by atoms with Gasteiger partial charge in [-0.05, 0) is 21.0 Å². The van der Waals surface area contributed by atoms with Crippen LogP contribution in [-0.2, 0) is 9.53 Å². The van der Waals surface area contributed by atoms with Gasteiger partial charge in [0.05, 0.1) is 7.11 Å². The second-order valence-electron chi connectivity index (χ2n) is 4.38. The zero-order valence-corrected chi connectivity index (χ0v) is 10.0. The quantitative estimate of drug-likeness (QED) is 0.510. The van der Waals surface area contributed by atoms with Crippen LogP contribution in [0.2, 0.25) is 0 Å². The van der Waals surface area contributed by atoms with Gasteiger partial charge < -0.3 is 4.74 Å². The van der Waals surface area contributed by atoms with Gasteiger partial charge in [-0.15, -0.1) is 6.58 Å². The van der Waals surface area contributed by atoms with Crippen molar-refractivity contribution in [1.29, 1.82) is 0 Å². The number of nitrogens with zero attached hydrogens (tertiary/aromatic N) is 1. The lowest BCUT2D eigenvalue weighted by Crippen LogP contribution is -2.58. The van der Waals surface area contributed by atoms with Gasteiger partial charge in [0, 0.05) is 5.41 Å². The van der Waals surface area contributed by atoms with E-state index in [0.717, 1.165) is 0 Å². The molecule has 0 spiro atoms. The molecule has 0 aliphatic rings. The summed E-state index contributed by atoms with van der Waals surface area (Å²) < 4.78 is 4.84. The maximum atomic E-state index is 11.8. The van der Waals surface area contributed by atoms with E-state index in [9.17, 15) is 4.79 Å². The number of hydrogen-bond donors (Lipinski definition) is 0. The second-order valence-corrected chi connectivity index (χ2v) is 4.38. The Morgan fingerprint density at radius 2 is 1.79 bits per heavy atom. The number of methoxy groups -OCH3 is 1. The minimum atomic E-state index is -0.691. The highest BCUT2D eigenvalue weighted by Gasteiger charge is 2.48. The maximum Gasteiger partial charge on any atom is 0.326 e. The van der Waals surface area contributed by atoms with Crippen LogP contribution in [0, 0.1) is 5.41 Å². The highest BCUT2D eigenvalue weighted by molar-refractivity contribution is 5.81. The van der Waals surface area contributed by atoms with Crippen molar-refractivity contribution in [1.82, 2.24) is 4.90 Å². The minimum absolute atomic E-state index is 0.243. The Hall–Kier alpha value is -0.830. The Kier molecular flexibility index (Phi) is 3.89. The molecule has 0 rings (SSSR count). The summed E-state index contributed by atoms with van der Waals surface area (Å²) in [5.41, 5.74) is -1.03. The van der Waals surface area contributed by atoms with Gasteiger partial charge in [-0.3, -0.25) is 9.69 Å². The molecule has 3 heteroatoms. The molecule has 82 valence electrons. The molecule has 0 amide bonds. The van der Waals surface area contributed by atoms with Gasteiger partial charge >= 0.3 is 5.97 Å². The van der Waals surface area contributed by atoms with E-state index in [0.29, 0.717) is 0 Å². The number of ether oxygens (including phenoxy) is 1. The molecule has 0 aliphatic carbocycles. The standard InChI is InChI=1S/C11H21NO2/c1-8-10(2,3)11(4,12(5)6)9(13)14-7/h8H,1H2,2-7H3. The van der Waals surface area contributed by atoms with E-state index in [1.165, 1.54) is 7.11 Å². The van der Waals surface area contributed by atoms with Crippen LogP contribution in [0.1, 0.15) is 20.8 Å². The zero-order chi connectivity index (χ0) is 11.6. The molecule has 14 heavy (non-hydrogen) atoms. The largest absolute Gasteiger partial charge is 0.468 e. The van der Waals surface area contributed by atoms with Gasteiger partial charge in [-0.1, -0.05) is 19.9 Å². The lowest BCUT2D eigenvalue weighted by atomic mass is 9.72. The summed E-state index contributed by atoms with van der Waals surface area (Å²) >= 11 is 0. The summed E-state index contributed by atoms with van der Waals surface area (Å²) in [6.07, 6.45) is 1.78. The van der Waals surface area contributed by atoms with Crippen molar-refractivity contribution in [3.8, 4) is 0 Å². The Labute approximate surface area is 86.7 Å². The summed E-state index contributed by atoms with van der Waals surface area (Å²) in [6.45, 7) is 9.56. The third-order valence-electron chi connectivity index (χ3n) is 3.24. The number of hydrogen-bond acceptors (Lipinski definition) is 3. The van der Waals surface area contributed by atoms with Crippen molar-refractivity contribution in [2.24, 2.45) is 5.41 Å². The number of likely N-dealkylation sites (N-methyl/N-ethyl adjacent to an activating group) is 1. The van der Waals surface area contributed by atoms with Crippen molar-refractivity contribution < 1.29 is 9.53 Å². The number of esters is 1. The molecule has 0 aromatic rings. The van der Waals surface area contributed by atoms with E-state index in [-0.39, 0.29) is 11.4 Å². The van der Waals surface area contributed by atoms with Crippen LogP contribution in [0.15, 0.2) is 12.7 Å². The molecule has 0 N–H and O–H groups in total. The fraction of sp³-hybridized carbons (Fsp3) is 0.727. The van der Waals surface area contributed by atoms with Gasteiger partial charge in [0.2, 0.25) is 0 Å². The smallest absolute Gasteiger partial charge is 0.326 e. The fourth-order valence-electron chi connectivity index (χ4n) is 1.42.